The fraction of sp³-hybridized carbons (Fsp3) is 0.333. The van der Waals surface area contributed by atoms with Crippen LogP contribution in [-0.2, 0) is 26.2 Å². The van der Waals surface area contributed by atoms with E-state index >= 15 is 0 Å². The third-order valence-electron chi connectivity index (χ3n) is 7.29. The van der Waals surface area contributed by atoms with Crippen LogP contribution in [0.15, 0.2) is 71.6 Å². The number of halogens is 4. The molecule has 1 N–H and O–H groups in total. The van der Waals surface area contributed by atoms with Gasteiger partial charge in [-0.2, -0.15) is 0 Å². The van der Waals surface area contributed by atoms with E-state index in [1.54, 1.807) is 49.4 Å². The monoisotopic (exact) mass is 669 g/mol. The lowest BCUT2D eigenvalue weighted by Crippen LogP contribution is -2.53. The molecule has 224 valence electrons. The second kappa shape index (κ2) is 14.3. The van der Waals surface area contributed by atoms with Crippen molar-refractivity contribution in [2.45, 2.75) is 62.6 Å². The van der Waals surface area contributed by atoms with Crippen molar-refractivity contribution < 1.29 is 18.0 Å². The molecule has 4 rings (SSSR count). The lowest BCUT2D eigenvalue weighted by Gasteiger charge is -2.34. The van der Waals surface area contributed by atoms with E-state index < -0.39 is 28.5 Å². The number of rotatable bonds is 11. The molecule has 12 heteroatoms. The molecular weight excluding hydrogens is 640 g/mol. The van der Waals surface area contributed by atoms with Crippen LogP contribution < -0.4 is 9.62 Å². The molecule has 3 aromatic rings. The standard InChI is InChI=1S/C30H31Cl4N3O4S/c1-2-26(30(39)35-20-10-6-7-11-20)36(18-22-23(31)14-8-15-24(22)32)28(38)19-37(27-17-9-16-25(33)29(27)34)42(40,41)21-12-4-3-5-13-21/h3-5,8-9,12-17,20,26H,2,6-7,10-11,18-19H2,1H3,(H,35,39)/t26-/m1/s1. The number of benzene rings is 3. The fourth-order valence-electron chi connectivity index (χ4n) is 5.06. The van der Waals surface area contributed by atoms with Crippen molar-refractivity contribution in [2.75, 3.05) is 10.8 Å². The molecule has 0 radical (unpaired) electrons. The summed E-state index contributed by atoms with van der Waals surface area (Å²) in [6, 6.07) is 16.3. The van der Waals surface area contributed by atoms with Crippen molar-refractivity contribution >= 4 is 73.9 Å². The van der Waals surface area contributed by atoms with E-state index in [2.05, 4.69) is 5.32 Å². The van der Waals surface area contributed by atoms with E-state index in [9.17, 15) is 18.0 Å². The van der Waals surface area contributed by atoms with E-state index in [1.165, 1.54) is 29.2 Å². The zero-order chi connectivity index (χ0) is 30.4. The molecule has 3 aromatic carbocycles. The Morgan fingerprint density at radius 3 is 2.10 bits per heavy atom. The summed E-state index contributed by atoms with van der Waals surface area (Å²) in [4.78, 5) is 29.1. The third kappa shape index (κ3) is 7.34. The molecule has 0 aromatic heterocycles. The van der Waals surface area contributed by atoms with Gasteiger partial charge in [-0.1, -0.05) is 96.5 Å². The maximum absolute atomic E-state index is 14.2. The predicted octanol–water partition coefficient (Wildman–Crippen LogP) is 7.36. The number of carbonyl (C=O) groups excluding carboxylic acids is 2. The van der Waals surface area contributed by atoms with Gasteiger partial charge in [0.25, 0.3) is 10.0 Å². The molecule has 1 aliphatic carbocycles. The van der Waals surface area contributed by atoms with Crippen molar-refractivity contribution in [1.82, 2.24) is 10.2 Å². The van der Waals surface area contributed by atoms with Crippen LogP contribution in [0.3, 0.4) is 0 Å². The normalized spacial score (nSPS) is 14.4. The number of hydrogen-bond donors (Lipinski definition) is 1. The first-order valence-corrected chi connectivity index (χ1v) is 16.5. The van der Waals surface area contributed by atoms with Crippen LogP contribution >= 0.6 is 46.4 Å². The highest BCUT2D eigenvalue weighted by molar-refractivity contribution is 7.92. The molecule has 1 saturated carbocycles. The summed E-state index contributed by atoms with van der Waals surface area (Å²) in [7, 11) is -4.29. The highest BCUT2D eigenvalue weighted by Crippen LogP contribution is 2.36. The number of amides is 2. The summed E-state index contributed by atoms with van der Waals surface area (Å²) in [6.45, 7) is 1.02. The highest BCUT2D eigenvalue weighted by Gasteiger charge is 2.36. The van der Waals surface area contributed by atoms with Crippen molar-refractivity contribution in [3.8, 4) is 0 Å². The number of hydrogen-bond acceptors (Lipinski definition) is 4. The van der Waals surface area contributed by atoms with Gasteiger partial charge in [0, 0.05) is 28.2 Å². The first-order chi connectivity index (χ1) is 20.0. The Hall–Kier alpha value is -2.49. The predicted molar refractivity (Wildman–Crippen MR) is 169 cm³/mol. The SMILES string of the molecule is CC[C@H](C(=O)NC1CCCC1)N(Cc1c(Cl)cccc1Cl)C(=O)CN(c1cccc(Cl)c1Cl)S(=O)(=O)c1ccccc1. The second-order valence-corrected chi connectivity index (χ2v) is 13.5. The summed E-state index contributed by atoms with van der Waals surface area (Å²) in [5.74, 6) is -0.964. The Morgan fingerprint density at radius 2 is 1.48 bits per heavy atom. The molecular formula is C30H31Cl4N3O4S. The van der Waals surface area contributed by atoms with E-state index in [-0.39, 0.29) is 45.5 Å². The van der Waals surface area contributed by atoms with Crippen LogP contribution in [0, 0.1) is 0 Å². The quantitative estimate of drug-likeness (QED) is 0.231. The van der Waals surface area contributed by atoms with Gasteiger partial charge in [-0.3, -0.25) is 13.9 Å². The minimum atomic E-state index is -4.29. The lowest BCUT2D eigenvalue weighted by molar-refractivity contribution is -0.140. The molecule has 0 aliphatic heterocycles. The van der Waals surface area contributed by atoms with Gasteiger partial charge in [0.15, 0.2) is 0 Å². The molecule has 0 heterocycles. The average molecular weight is 671 g/mol. The summed E-state index contributed by atoms with van der Waals surface area (Å²) < 4.78 is 28.8. The molecule has 0 spiro atoms. The largest absolute Gasteiger partial charge is 0.352 e. The molecule has 1 fully saturated rings. The van der Waals surface area contributed by atoms with E-state index in [1.807, 2.05) is 0 Å². The molecule has 1 aliphatic rings. The van der Waals surface area contributed by atoms with Gasteiger partial charge in [-0.25, -0.2) is 8.42 Å². The topological polar surface area (TPSA) is 86.8 Å². The summed E-state index contributed by atoms with van der Waals surface area (Å²) in [5, 5.41) is 3.80. The van der Waals surface area contributed by atoms with Crippen molar-refractivity contribution in [3.63, 3.8) is 0 Å². The smallest absolute Gasteiger partial charge is 0.264 e. The van der Waals surface area contributed by atoms with Crippen LogP contribution in [0.4, 0.5) is 5.69 Å². The Labute approximate surface area is 266 Å². The first-order valence-electron chi connectivity index (χ1n) is 13.6. The Kier molecular flexibility index (Phi) is 11.1. The average Bonchev–Trinajstić information content (AvgIpc) is 3.48. The Balaban J connectivity index is 1.77. The zero-order valence-corrected chi connectivity index (χ0v) is 26.7. The molecule has 2 amide bonds. The number of anilines is 1. The minimum Gasteiger partial charge on any atom is -0.352 e. The van der Waals surface area contributed by atoms with Crippen molar-refractivity contribution in [3.05, 3.63) is 92.4 Å². The maximum Gasteiger partial charge on any atom is 0.264 e. The van der Waals surface area contributed by atoms with E-state index in [4.69, 9.17) is 46.4 Å². The third-order valence-corrected chi connectivity index (χ3v) is 10.6. The summed E-state index contributed by atoms with van der Waals surface area (Å²) in [6.07, 6.45) is 4.04. The van der Waals surface area contributed by atoms with E-state index in [0.29, 0.717) is 15.6 Å². The number of nitrogens with one attached hydrogen (secondary N) is 1. The van der Waals surface area contributed by atoms with Gasteiger partial charge in [-0.05, 0) is 55.7 Å². The number of nitrogens with zero attached hydrogens (tertiary/aromatic N) is 2. The number of carbonyl (C=O) groups is 2. The highest BCUT2D eigenvalue weighted by atomic mass is 35.5. The molecule has 1 atom stereocenters. The molecule has 0 unspecified atom stereocenters. The van der Waals surface area contributed by atoms with Gasteiger partial charge in [0.2, 0.25) is 11.8 Å². The van der Waals surface area contributed by atoms with Crippen LogP contribution in [0.2, 0.25) is 20.1 Å². The minimum absolute atomic E-state index is 0.0210. The van der Waals surface area contributed by atoms with Crippen LogP contribution in [0.25, 0.3) is 0 Å². The van der Waals surface area contributed by atoms with Crippen molar-refractivity contribution in [1.29, 1.82) is 0 Å². The fourth-order valence-corrected chi connectivity index (χ4v) is 7.47. The van der Waals surface area contributed by atoms with Crippen LogP contribution in [0.1, 0.15) is 44.6 Å². The molecule has 42 heavy (non-hydrogen) atoms. The summed E-state index contributed by atoms with van der Waals surface area (Å²) >= 11 is 25.7. The molecule has 0 saturated heterocycles. The van der Waals surface area contributed by atoms with E-state index in [0.717, 1.165) is 30.0 Å². The van der Waals surface area contributed by atoms with Crippen molar-refractivity contribution in [2.24, 2.45) is 0 Å². The van der Waals surface area contributed by atoms with Crippen LogP contribution in [0.5, 0.6) is 0 Å². The van der Waals surface area contributed by atoms with Gasteiger partial charge in [0.1, 0.15) is 12.6 Å². The number of sulfonamides is 1. The molecule has 0 bridgehead atoms. The zero-order valence-electron chi connectivity index (χ0n) is 22.9. The van der Waals surface area contributed by atoms with Gasteiger partial charge < -0.3 is 10.2 Å². The lowest BCUT2D eigenvalue weighted by atomic mass is 10.1. The van der Waals surface area contributed by atoms with Gasteiger partial charge in [-0.15, -0.1) is 0 Å². The Bertz CT molecular complexity index is 1510. The Morgan fingerprint density at radius 1 is 0.881 bits per heavy atom. The van der Waals surface area contributed by atoms with Gasteiger partial charge >= 0.3 is 0 Å². The maximum atomic E-state index is 14.2. The second-order valence-electron chi connectivity index (χ2n) is 10.0. The molecule has 7 nitrogen and oxygen atoms in total. The summed E-state index contributed by atoms with van der Waals surface area (Å²) in [5.41, 5.74) is 0.472. The first kappa shape index (κ1) is 32.4. The van der Waals surface area contributed by atoms with Gasteiger partial charge in [0.05, 0.1) is 20.6 Å². The van der Waals surface area contributed by atoms with Crippen LogP contribution in [-0.4, -0.2) is 43.8 Å².